The molecule has 38 heavy (non-hydrogen) atoms. The molecule has 0 fully saturated rings. The van der Waals surface area contributed by atoms with Crippen LogP contribution in [0, 0.1) is 0 Å². The van der Waals surface area contributed by atoms with Gasteiger partial charge in [-0.2, -0.15) is 26.3 Å². The molecule has 0 aliphatic rings. The fourth-order valence-corrected chi connectivity index (χ4v) is 4.63. The molecule has 6 nitrogen and oxygen atoms in total. The van der Waals surface area contributed by atoms with E-state index in [4.69, 9.17) is 4.74 Å². The quantitative estimate of drug-likeness (QED) is 0.198. The van der Waals surface area contributed by atoms with Gasteiger partial charge in [0.05, 0.1) is 22.6 Å². The Hall–Kier alpha value is -4.00. The van der Waals surface area contributed by atoms with E-state index in [1.165, 1.54) is 37.3 Å². The van der Waals surface area contributed by atoms with Crippen molar-refractivity contribution in [2.24, 2.45) is 0 Å². The Morgan fingerprint density at radius 3 is 2.03 bits per heavy atom. The lowest BCUT2D eigenvalue weighted by atomic mass is 10.0. The van der Waals surface area contributed by atoms with Crippen molar-refractivity contribution in [1.29, 1.82) is 0 Å². The first-order valence-corrected chi connectivity index (χ1v) is 12.1. The molecule has 3 aromatic rings. The second-order valence-electron chi connectivity index (χ2n) is 7.57. The van der Waals surface area contributed by atoms with Crippen LogP contribution in [0.5, 0.6) is 17.2 Å². The molecule has 0 bridgehead atoms. The molecule has 3 aromatic carbocycles. The fraction of sp³-hybridized carbons (Fsp3) is 0.160. The molecule has 3 rings (SSSR count). The topological polar surface area (TPSA) is 89.9 Å². The molecule has 0 aliphatic heterocycles. The highest BCUT2D eigenvalue weighted by atomic mass is 32.2. The predicted molar refractivity (Wildman–Crippen MR) is 122 cm³/mol. The molecule has 0 atom stereocenters. The van der Waals surface area contributed by atoms with E-state index in [2.05, 4.69) is 4.74 Å². The van der Waals surface area contributed by atoms with Crippen LogP contribution >= 0.6 is 0 Å². The number of benzene rings is 3. The molecule has 0 unspecified atom stereocenters. The number of hydrogen-bond donors (Lipinski definition) is 1. The molecule has 0 amide bonds. The standard InChI is InChI=1S/C25H18F6O6S/c1-2-36-22(33)11-8-15-12-18(24(26,27)28)23(19(13-15)25(29,30)31)37-16-9-10-20(32)21(14-16)38(34,35)17-6-4-3-5-7-17/h3-14,32H,2H2,1H3/b11-8+. The third-order valence-electron chi connectivity index (χ3n) is 4.91. The van der Waals surface area contributed by atoms with Crippen LogP contribution in [0.25, 0.3) is 6.08 Å². The summed E-state index contributed by atoms with van der Waals surface area (Å²) in [4.78, 5) is 10.4. The van der Waals surface area contributed by atoms with Crippen LogP contribution in [0.4, 0.5) is 26.3 Å². The highest BCUT2D eigenvalue weighted by Gasteiger charge is 2.43. The van der Waals surface area contributed by atoms with E-state index >= 15 is 0 Å². The van der Waals surface area contributed by atoms with Crippen molar-refractivity contribution in [3.05, 3.63) is 83.4 Å². The van der Waals surface area contributed by atoms with Gasteiger partial charge in [0.15, 0.2) is 5.75 Å². The summed E-state index contributed by atoms with van der Waals surface area (Å²) in [6.45, 7) is 1.40. The molecule has 0 saturated carbocycles. The van der Waals surface area contributed by atoms with E-state index in [1.54, 1.807) is 0 Å². The summed E-state index contributed by atoms with van der Waals surface area (Å²) in [6.07, 6.45) is -9.31. The zero-order valence-electron chi connectivity index (χ0n) is 19.3. The summed E-state index contributed by atoms with van der Waals surface area (Å²) < 4.78 is 119. The Balaban J connectivity index is 2.17. The summed E-state index contributed by atoms with van der Waals surface area (Å²) in [6, 6.07) is 9.53. The zero-order chi connectivity index (χ0) is 28.3. The minimum absolute atomic E-state index is 0.0633. The minimum atomic E-state index is -5.35. The lowest BCUT2D eigenvalue weighted by Crippen LogP contribution is -2.14. The van der Waals surface area contributed by atoms with Crippen LogP contribution in [-0.2, 0) is 31.7 Å². The minimum Gasteiger partial charge on any atom is -0.507 e. The first-order valence-electron chi connectivity index (χ1n) is 10.6. The van der Waals surface area contributed by atoms with Crippen LogP contribution < -0.4 is 4.74 Å². The van der Waals surface area contributed by atoms with E-state index < -0.39 is 67.0 Å². The van der Waals surface area contributed by atoms with Crippen molar-refractivity contribution in [3.63, 3.8) is 0 Å². The van der Waals surface area contributed by atoms with Crippen LogP contribution in [0.1, 0.15) is 23.6 Å². The molecule has 0 heterocycles. The van der Waals surface area contributed by atoms with Gasteiger partial charge < -0.3 is 14.6 Å². The average molecular weight is 560 g/mol. The van der Waals surface area contributed by atoms with Gasteiger partial charge in [-0.15, -0.1) is 0 Å². The van der Waals surface area contributed by atoms with Crippen molar-refractivity contribution in [2.75, 3.05) is 6.61 Å². The molecular formula is C25H18F6O6S. The van der Waals surface area contributed by atoms with Crippen molar-refractivity contribution < 1.29 is 54.1 Å². The summed E-state index contributed by atoms with van der Waals surface area (Å²) in [5.74, 6) is -4.14. The molecule has 13 heteroatoms. The van der Waals surface area contributed by atoms with E-state index in [1.807, 2.05) is 0 Å². The number of esters is 1. The van der Waals surface area contributed by atoms with Gasteiger partial charge in [0.1, 0.15) is 16.4 Å². The summed E-state index contributed by atoms with van der Waals surface area (Å²) in [5.41, 5.74) is -4.30. The van der Waals surface area contributed by atoms with Crippen molar-refractivity contribution in [2.45, 2.75) is 29.1 Å². The van der Waals surface area contributed by atoms with Gasteiger partial charge in [-0.25, -0.2) is 13.2 Å². The number of alkyl halides is 6. The highest BCUT2D eigenvalue weighted by Crippen LogP contribution is 2.47. The Morgan fingerprint density at radius 1 is 0.921 bits per heavy atom. The van der Waals surface area contributed by atoms with Crippen LogP contribution in [0.15, 0.2) is 76.5 Å². The number of carbonyl (C=O) groups is 1. The number of carbonyl (C=O) groups excluding carboxylic acids is 1. The molecule has 0 radical (unpaired) electrons. The molecule has 202 valence electrons. The third kappa shape index (κ3) is 6.46. The van der Waals surface area contributed by atoms with Crippen molar-refractivity contribution in [3.8, 4) is 17.2 Å². The van der Waals surface area contributed by atoms with Gasteiger partial charge in [0.25, 0.3) is 0 Å². The third-order valence-corrected chi connectivity index (χ3v) is 6.71. The van der Waals surface area contributed by atoms with Crippen LogP contribution in [0.3, 0.4) is 0 Å². The van der Waals surface area contributed by atoms with E-state index in [0.717, 1.165) is 18.2 Å². The Bertz CT molecular complexity index is 1430. The van der Waals surface area contributed by atoms with E-state index in [0.29, 0.717) is 24.3 Å². The number of hydrogen-bond acceptors (Lipinski definition) is 6. The first kappa shape index (κ1) is 28.6. The largest absolute Gasteiger partial charge is 0.507 e. The van der Waals surface area contributed by atoms with E-state index in [9.17, 15) is 44.7 Å². The number of aromatic hydroxyl groups is 1. The molecular weight excluding hydrogens is 542 g/mol. The normalized spacial score (nSPS) is 12.5. The van der Waals surface area contributed by atoms with Gasteiger partial charge >= 0.3 is 18.3 Å². The predicted octanol–water partition coefficient (Wildman–Crippen LogP) is 6.63. The maximum atomic E-state index is 13.9. The smallest absolute Gasteiger partial charge is 0.420 e. The molecule has 0 aliphatic carbocycles. The number of rotatable bonds is 7. The SMILES string of the molecule is CCOC(=O)/C=C/c1cc(C(F)(F)F)c(Oc2ccc(O)c(S(=O)(=O)c3ccccc3)c2)c(C(F)(F)F)c1. The number of phenolic OH excluding ortho intramolecular Hbond substituents is 1. The van der Waals surface area contributed by atoms with Crippen molar-refractivity contribution in [1.82, 2.24) is 0 Å². The summed E-state index contributed by atoms with van der Waals surface area (Å²) in [5, 5.41) is 10.1. The lowest BCUT2D eigenvalue weighted by Gasteiger charge is -2.20. The van der Waals surface area contributed by atoms with Crippen LogP contribution in [-0.4, -0.2) is 26.1 Å². The maximum absolute atomic E-state index is 13.9. The zero-order valence-corrected chi connectivity index (χ0v) is 20.1. The Labute approximate surface area is 212 Å². The molecule has 1 N–H and O–H groups in total. The number of phenols is 1. The van der Waals surface area contributed by atoms with Gasteiger partial charge in [-0.05, 0) is 55.0 Å². The molecule has 0 aromatic heterocycles. The van der Waals surface area contributed by atoms with Gasteiger partial charge in [0, 0.05) is 12.1 Å². The Morgan fingerprint density at radius 2 is 1.50 bits per heavy atom. The maximum Gasteiger partial charge on any atom is 0.420 e. The Kier molecular flexibility index (Phi) is 8.10. The number of sulfone groups is 1. The number of halogens is 6. The second-order valence-corrected chi connectivity index (χ2v) is 9.49. The number of ether oxygens (including phenoxy) is 2. The van der Waals surface area contributed by atoms with Crippen LogP contribution in [0.2, 0.25) is 0 Å². The van der Waals surface area contributed by atoms with Gasteiger partial charge in [0.2, 0.25) is 9.84 Å². The highest BCUT2D eigenvalue weighted by molar-refractivity contribution is 7.91. The fourth-order valence-electron chi connectivity index (χ4n) is 3.25. The second kappa shape index (κ2) is 10.8. The summed E-state index contributed by atoms with van der Waals surface area (Å²) in [7, 11) is -4.42. The lowest BCUT2D eigenvalue weighted by molar-refractivity contribution is -0.145. The van der Waals surface area contributed by atoms with E-state index in [-0.39, 0.29) is 11.5 Å². The molecule has 0 saturated heterocycles. The summed E-state index contributed by atoms with van der Waals surface area (Å²) >= 11 is 0. The average Bonchev–Trinajstić information content (AvgIpc) is 2.83. The first-order chi connectivity index (χ1) is 17.6. The van der Waals surface area contributed by atoms with Gasteiger partial charge in [-0.3, -0.25) is 0 Å². The molecule has 0 spiro atoms. The monoisotopic (exact) mass is 560 g/mol. The van der Waals surface area contributed by atoms with Crippen molar-refractivity contribution >= 4 is 21.9 Å². The van der Waals surface area contributed by atoms with Gasteiger partial charge in [-0.1, -0.05) is 18.2 Å².